The highest BCUT2D eigenvalue weighted by Gasteiger charge is 2.04. The third-order valence-electron chi connectivity index (χ3n) is 3.91. The smallest absolute Gasteiger partial charge is 0.193 e. The average molecular weight is 321 g/mol. The van der Waals surface area contributed by atoms with Crippen LogP contribution in [0.5, 0.6) is 0 Å². The Hall–Kier alpha value is -2.82. The minimum Gasteiger partial charge on any atom is -0.370 e. The van der Waals surface area contributed by atoms with Crippen LogP contribution in [0.25, 0.3) is 11.0 Å². The molecular weight excluding hydrogens is 298 g/mol. The number of nitrogens with zero attached hydrogens (tertiary/aromatic N) is 2. The van der Waals surface area contributed by atoms with Gasteiger partial charge in [0.2, 0.25) is 0 Å². The zero-order valence-corrected chi connectivity index (χ0v) is 14.3. The molecule has 0 aliphatic rings. The Morgan fingerprint density at radius 2 is 2.08 bits per heavy atom. The number of nitrogens with two attached hydrogens (primary N) is 1. The van der Waals surface area contributed by atoms with Gasteiger partial charge in [-0.25, -0.2) is 9.98 Å². The molecule has 0 fully saturated rings. The summed E-state index contributed by atoms with van der Waals surface area (Å²) in [6.07, 6.45) is 0. The highest BCUT2D eigenvalue weighted by molar-refractivity contribution is 5.92. The lowest BCUT2D eigenvalue weighted by atomic mass is 10.0. The molecule has 0 aliphatic carbocycles. The number of aromatic amines is 1. The number of anilines is 1. The average Bonchev–Trinajstić information content (AvgIpc) is 2.95. The zero-order chi connectivity index (χ0) is 17.1. The molecule has 3 aromatic rings. The first-order valence-electron chi connectivity index (χ1n) is 8.13. The molecule has 0 bridgehead atoms. The van der Waals surface area contributed by atoms with Crippen LogP contribution in [-0.2, 0) is 6.54 Å². The predicted octanol–water partition coefficient (Wildman–Crippen LogP) is 3.92. The van der Waals surface area contributed by atoms with Crippen LogP contribution in [-0.4, -0.2) is 15.9 Å². The standard InChI is InChI=1S/C19H23N5/c1-12(2)14-5-4-6-15(10-14)22-19(20)21-11-18-23-16-8-7-13(3)9-17(16)24-18/h4-10,12H,11H2,1-3H3,(H,23,24)(H3,20,21,22). The molecule has 0 saturated heterocycles. The lowest BCUT2D eigenvalue weighted by molar-refractivity contribution is 0.867. The van der Waals surface area contributed by atoms with Gasteiger partial charge in [0.05, 0.1) is 11.0 Å². The number of guanidine groups is 1. The number of imidazole rings is 1. The highest BCUT2D eigenvalue weighted by atomic mass is 15.1. The Morgan fingerprint density at radius 1 is 1.25 bits per heavy atom. The lowest BCUT2D eigenvalue weighted by Crippen LogP contribution is -2.22. The molecule has 1 heterocycles. The van der Waals surface area contributed by atoms with E-state index >= 15 is 0 Å². The van der Waals surface area contributed by atoms with Crippen molar-refractivity contribution in [1.82, 2.24) is 9.97 Å². The van der Waals surface area contributed by atoms with Gasteiger partial charge in [-0.05, 0) is 48.2 Å². The molecule has 124 valence electrons. The van der Waals surface area contributed by atoms with Gasteiger partial charge in [-0.15, -0.1) is 0 Å². The summed E-state index contributed by atoms with van der Waals surface area (Å²) in [6.45, 7) is 6.81. The fourth-order valence-corrected chi connectivity index (χ4v) is 2.57. The molecule has 4 N–H and O–H groups in total. The van der Waals surface area contributed by atoms with Gasteiger partial charge in [-0.2, -0.15) is 0 Å². The quantitative estimate of drug-likeness (QED) is 0.503. The monoisotopic (exact) mass is 321 g/mol. The van der Waals surface area contributed by atoms with E-state index in [2.05, 4.69) is 59.2 Å². The van der Waals surface area contributed by atoms with E-state index in [1.165, 1.54) is 11.1 Å². The summed E-state index contributed by atoms with van der Waals surface area (Å²) in [7, 11) is 0. The molecule has 0 aliphatic heterocycles. The van der Waals surface area contributed by atoms with Crippen molar-refractivity contribution in [3.05, 3.63) is 59.4 Å². The third-order valence-corrected chi connectivity index (χ3v) is 3.91. The summed E-state index contributed by atoms with van der Waals surface area (Å²) in [4.78, 5) is 12.2. The van der Waals surface area contributed by atoms with Crippen molar-refractivity contribution in [2.75, 3.05) is 5.32 Å². The summed E-state index contributed by atoms with van der Waals surface area (Å²) in [5, 5.41) is 3.14. The van der Waals surface area contributed by atoms with E-state index in [9.17, 15) is 0 Å². The van der Waals surface area contributed by atoms with Crippen LogP contribution in [0.4, 0.5) is 5.69 Å². The van der Waals surface area contributed by atoms with Crippen molar-refractivity contribution in [3.8, 4) is 0 Å². The number of H-pyrrole nitrogens is 1. The third kappa shape index (κ3) is 3.74. The molecule has 0 radical (unpaired) electrons. The molecule has 3 rings (SSSR count). The Morgan fingerprint density at radius 3 is 2.88 bits per heavy atom. The Kier molecular flexibility index (Phi) is 4.51. The minimum absolute atomic E-state index is 0.382. The van der Waals surface area contributed by atoms with Crippen molar-refractivity contribution in [2.24, 2.45) is 10.7 Å². The van der Waals surface area contributed by atoms with Crippen LogP contribution in [0.1, 0.15) is 36.7 Å². The van der Waals surface area contributed by atoms with Crippen molar-refractivity contribution in [3.63, 3.8) is 0 Å². The van der Waals surface area contributed by atoms with E-state index in [1.54, 1.807) is 0 Å². The first-order valence-corrected chi connectivity index (χ1v) is 8.13. The summed E-state index contributed by atoms with van der Waals surface area (Å²) in [5.74, 6) is 1.66. The van der Waals surface area contributed by atoms with E-state index in [0.717, 1.165) is 22.5 Å². The van der Waals surface area contributed by atoms with Gasteiger partial charge in [0.1, 0.15) is 12.4 Å². The number of benzene rings is 2. The zero-order valence-electron chi connectivity index (χ0n) is 14.3. The van der Waals surface area contributed by atoms with Gasteiger partial charge in [-0.3, -0.25) is 0 Å². The fourth-order valence-electron chi connectivity index (χ4n) is 2.57. The van der Waals surface area contributed by atoms with E-state index in [0.29, 0.717) is 18.4 Å². The Labute approximate surface area is 142 Å². The molecule has 1 aromatic heterocycles. The molecule has 0 unspecified atom stereocenters. The number of nitrogens with one attached hydrogen (secondary N) is 2. The molecule has 0 atom stereocenters. The van der Waals surface area contributed by atoms with Gasteiger partial charge in [0.25, 0.3) is 0 Å². The number of hydrogen-bond donors (Lipinski definition) is 3. The van der Waals surface area contributed by atoms with Gasteiger partial charge in [0, 0.05) is 5.69 Å². The molecule has 0 amide bonds. The van der Waals surface area contributed by atoms with E-state index in [-0.39, 0.29) is 0 Å². The summed E-state index contributed by atoms with van der Waals surface area (Å²) >= 11 is 0. The number of fused-ring (bicyclic) bond motifs is 1. The second kappa shape index (κ2) is 6.74. The topological polar surface area (TPSA) is 79.1 Å². The SMILES string of the molecule is Cc1ccc2nc(CN=C(N)Nc3cccc(C(C)C)c3)[nH]c2c1. The largest absolute Gasteiger partial charge is 0.370 e. The van der Waals surface area contributed by atoms with Crippen LogP contribution in [0.15, 0.2) is 47.5 Å². The molecular formula is C19H23N5. The summed E-state index contributed by atoms with van der Waals surface area (Å²) in [6, 6.07) is 14.3. The van der Waals surface area contributed by atoms with Gasteiger partial charge >= 0.3 is 0 Å². The molecule has 0 saturated carbocycles. The molecule has 24 heavy (non-hydrogen) atoms. The van der Waals surface area contributed by atoms with Gasteiger partial charge < -0.3 is 16.0 Å². The van der Waals surface area contributed by atoms with E-state index in [1.807, 2.05) is 24.3 Å². The predicted molar refractivity (Wildman–Crippen MR) is 100 cm³/mol. The second-order valence-corrected chi connectivity index (χ2v) is 6.31. The fraction of sp³-hybridized carbons (Fsp3) is 0.263. The number of aromatic nitrogens is 2. The molecule has 0 spiro atoms. The Balaban J connectivity index is 1.70. The van der Waals surface area contributed by atoms with Crippen molar-refractivity contribution in [1.29, 1.82) is 0 Å². The Bertz CT molecular complexity index is 876. The van der Waals surface area contributed by atoms with Gasteiger partial charge in [-0.1, -0.05) is 32.0 Å². The molecule has 5 nitrogen and oxygen atoms in total. The lowest BCUT2D eigenvalue weighted by Gasteiger charge is -2.09. The maximum Gasteiger partial charge on any atom is 0.193 e. The van der Waals surface area contributed by atoms with Crippen molar-refractivity contribution in [2.45, 2.75) is 33.2 Å². The number of rotatable bonds is 4. The molecule has 5 heteroatoms. The van der Waals surface area contributed by atoms with Crippen LogP contribution in [0.2, 0.25) is 0 Å². The normalized spacial score (nSPS) is 12.1. The van der Waals surface area contributed by atoms with E-state index < -0.39 is 0 Å². The maximum absolute atomic E-state index is 6.00. The number of aryl methyl sites for hydroxylation is 1. The first-order chi connectivity index (χ1) is 11.5. The minimum atomic E-state index is 0.382. The summed E-state index contributed by atoms with van der Waals surface area (Å²) in [5.41, 5.74) is 11.4. The summed E-state index contributed by atoms with van der Waals surface area (Å²) < 4.78 is 0. The van der Waals surface area contributed by atoms with Crippen LogP contribution < -0.4 is 11.1 Å². The first kappa shape index (κ1) is 16.1. The second-order valence-electron chi connectivity index (χ2n) is 6.31. The van der Waals surface area contributed by atoms with Crippen LogP contribution in [0.3, 0.4) is 0 Å². The van der Waals surface area contributed by atoms with E-state index in [4.69, 9.17) is 5.73 Å². The van der Waals surface area contributed by atoms with Crippen molar-refractivity contribution >= 4 is 22.7 Å². The van der Waals surface area contributed by atoms with Crippen molar-refractivity contribution < 1.29 is 0 Å². The number of hydrogen-bond acceptors (Lipinski definition) is 2. The van der Waals surface area contributed by atoms with Crippen LogP contribution >= 0.6 is 0 Å². The highest BCUT2D eigenvalue weighted by Crippen LogP contribution is 2.18. The van der Waals surface area contributed by atoms with Crippen LogP contribution in [0, 0.1) is 6.92 Å². The molecule has 2 aromatic carbocycles. The van der Waals surface area contributed by atoms with Gasteiger partial charge in [0.15, 0.2) is 5.96 Å². The maximum atomic E-state index is 6.00. The number of aliphatic imine (C=N–C) groups is 1.